The Labute approximate surface area is 68.6 Å². The first-order valence-corrected chi connectivity index (χ1v) is 4.42. The van der Waals surface area contributed by atoms with E-state index >= 15 is 0 Å². The monoisotopic (exact) mass is 158 g/mol. The smallest absolute Gasteiger partial charge is 0.0592 e. The maximum Gasteiger partial charge on any atom is 0.0592 e. The van der Waals surface area contributed by atoms with E-state index < -0.39 is 5.60 Å². The Hall–Kier alpha value is -0.0800. The third kappa shape index (κ3) is 3.73. The SMILES string of the molecule is CC(C)(O)CCC1CCCO1. The molecule has 11 heavy (non-hydrogen) atoms. The van der Waals surface area contributed by atoms with Crippen molar-refractivity contribution < 1.29 is 9.84 Å². The van der Waals surface area contributed by atoms with Crippen LogP contribution < -0.4 is 0 Å². The zero-order valence-electron chi connectivity index (χ0n) is 7.47. The summed E-state index contributed by atoms with van der Waals surface area (Å²) in [5.41, 5.74) is -0.522. The standard InChI is InChI=1S/C9H18O2/c1-9(2,10)6-5-8-4-3-7-11-8/h8,10H,3-7H2,1-2H3. The van der Waals surface area contributed by atoms with E-state index in [1.165, 1.54) is 12.8 Å². The maximum atomic E-state index is 9.42. The van der Waals surface area contributed by atoms with Crippen LogP contribution in [0.3, 0.4) is 0 Å². The van der Waals surface area contributed by atoms with Gasteiger partial charge in [-0.2, -0.15) is 0 Å². The molecule has 1 atom stereocenters. The molecule has 66 valence electrons. The van der Waals surface area contributed by atoms with Gasteiger partial charge in [-0.15, -0.1) is 0 Å². The molecular formula is C9H18O2. The normalized spacial score (nSPS) is 25.9. The van der Waals surface area contributed by atoms with Crippen molar-refractivity contribution in [3.63, 3.8) is 0 Å². The lowest BCUT2D eigenvalue weighted by molar-refractivity contribution is 0.0390. The first-order chi connectivity index (χ1) is 5.08. The minimum absolute atomic E-state index is 0.418. The van der Waals surface area contributed by atoms with Crippen LogP contribution in [0.4, 0.5) is 0 Å². The van der Waals surface area contributed by atoms with Crippen LogP contribution in [0.25, 0.3) is 0 Å². The zero-order valence-corrected chi connectivity index (χ0v) is 7.47. The van der Waals surface area contributed by atoms with Gasteiger partial charge in [0, 0.05) is 6.61 Å². The van der Waals surface area contributed by atoms with E-state index in [0.29, 0.717) is 6.10 Å². The molecule has 2 nitrogen and oxygen atoms in total. The van der Waals surface area contributed by atoms with Gasteiger partial charge in [-0.1, -0.05) is 0 Å². The van der Waals surface area contributed by atoms with E-state index in [0.717, 1.165) is 19.4 Å². The van der Waals surface area contributed by atoms with Gasteiger partial charge in [-0.3, -0.25) is 0 Å². The molecule has 0 radical (unpaired) electrons. The maximum absolute atomic E-state index is 9.42. The Morgan fingerprint density at radius 3 is 2.73 bits per heavy atom. The molecule has 1 heterocycles. The van der Waals surface area contributed by atoms with E-state index in [-0.39, 0.29) is 0 Å². The molecule has 1 aliphatic heterocycles. The number of ether oxygens (including phenoxy) is 1. The van der Waals surface area contributed by atoms with Crippen LogP contribution in [-0.4, -0.2) is 23.4 Å². The minimum atomic E-state index is -0.522. The highest BCUT2D eigenvalue weighted by atomic mass is 16.5. The molecule has 0 aromatic rings. The fourth-order valence-corrected chi connectivity index (χ4v) is 1.39. The van der Waals surface area contributed by atoms with Crippen molar-refractivity contribution in [2.45, 2.75) is 51.2 Å². The number of hydrogen-bond donors (Lipinski definition) is 1. The van der Waals surface area contributed by atoms with Crippen molar-refractivity contribution in [1.29, 1.82) is 0 Å². The number of rotatable bonds is 3. The van der Waals surface area contributed by atoms with Gasteiger partial charge in [0.2, 0.25) is 0 Å². The van der Waals surface area contributed by atoms with Gasteiger partial charge in [0.1, 0.15) is 0 Å². The summed E-state index contributed by atoms with van der Waals surface area (Å²) < 4.78 is 5.44. The first-order valence-electron chi connectivity index (χ1n) is 4.42. The quantitative estimate of drug-likeness (QED) is 0.677. The minimum Gasteiger partial charge on any atom is -0.390 e. The summed E-state index contributed by atoms with van der Waals surface area (Å²) in [5, 5.41) is 9.42. The van der Waals surface area contributed by atoms with Gasteiger partial charge in [0.05, 0.1) is 11.7 Å². The lowest BCUT2D eigenvalue weighted by Gasteiger charge is -2.18. The molecule has 1 unspecified atom stereocenters. The van der Waals surface area contributed by atoms with Crippen LogP contribution in [0.1, 0.15) is 39.5 Å². The first kappa shape index (κ1) is 9.01. The highest BCUT2D eigenvalue weighted by molar-refractivity contribution is 4.71. The summed E-state index contributed by atoms with van der Waals surface area (Å²) in [6.07, 6.45) is 4.63. The summed E-state index contributed by atoms with van der Waals surface area (Å²) in [4.78, 5) is 0. The van der Waals surface area contributed by atoms with Crippen molar-refractivity contribution in [3.05, 3.63) is 0 Å². The molecule has 0 saturated carbocycles. The van der Waals surface area contributed by atoms with E-state index in [4.69, 9.17) is 4.74 Å². The van der Waals surface area contributed by atoms with Crippen LogP contribution in [0.15, 0.2) is 0 Å². The van der Waals surface area contributed by atoms with Crippen LogP contribution in [0, 0.1) is 0 Å². The highest BCUT2D eigenvalue weighted by Crippen LogP contribution is 2.20. The molecule has 0 bridgehead atoms. The Balaban J connectivity index is 2.11. The van der Waals surface area contributed by atoms with Crippen LogP contribution in [0.5, 0.6) is 0 Å². The van der Waals surface area contributed by atoms with Crippen molar-refractivity contribution in [1.82, 2.24) is 0 Å². The van der Waals surface area contributed by atoms with E-state index in [9.17, 15) is 5.11 Å². The van der Waals surface area contributed by atoms with Crippen molar-refractivity contribution in [2.75, 3.05) is 6.61 Å². The second-order valence-corrected chi connectivity index (χ2v) is 3.99. The topological polar surface area (TPSA) is 29.5 Å². The third-order valence-corrected chi connectivity index (χ3v) is 2.10. The Morgan fingerprint density at radius 2 is 2.27 bits per heavy atom. The Bertz CT molecular complexity index is 109. The van der Waals surface area contributed by atoms with Gasteiger partial charge in [0.25, 0.3) is 0 Å². The van der Waals surface area contributed by atoms with Gasteiger partial charge >= 0.3 is 0 Å². The molecular weight excluding hydrogens is 140 g/mol. The molecule has 1 rings (SSSR count). The molecule has 0 aliphatic carbocycles. The molecule has 0 spiro atoms. The predicted octanol–water partition coefficient (Wildman–Crippen LogP) is 1.72. The van der Waals surface area contributed by atoms with E-state index in [1.54, 1.807) is 0 Å². The molecule has 1 saturated heterocycles. The second-order valence-electron chi connectivity index (χ2n) is 3.99. The molecule has 0 aromatic heterocycles. The summed E-state index contributed by atoms with van der Waals surface area (Å²) in [6, 6.07) is 0. The van der Waals surface area contributed by atoms with E-state index in [2.05, 4.69) is 0 Å². The number of aliphatic hydroxyl groups is 1. The Morgan fingerprint density at radius 1 is 1.55 bits per heavy atom. The molecule has 1 N–H and O–H groups in total. The van der Waals surface area contributed by atoms with E-state index in [1.807, 2.05) is 13.8 Å². The van der Waals surface area contributed by atoms with Crippen molar-refractivity contribution in [3.8, 4) is 0 Å². The largest absolute Gasteiger partial charge is 0.390 e. The average molecular weight is 158 g/mol. The molecule has 0 aromatic carbocycles. The Kier molecular flexibility index (Phi) is 2.90. The van der Waals surface area contributed by atoms with Gasteiger partial charge < -0.3 is 9.84 Å². The second kappa shape index (κ2) is 3.55. The fourth-order valence-electron chi connectivity index (χ4n) is 1.39. The van der Waals surface area contributed by atoms with Gasteiger partial charge in [-0.05, 0) is 39.5 Å². The third-order valence-electron chi connectivity index (χ3n) is 2.10. The zero-order chi connectivity index (χ0) is 8.32. The van der Waals surface area contributed by atoms with Crippen molar-refractivity contribution in [2.24, 2.45) is 0 Å². The molecule has 1 aliphatic rings. The van der Waals surface area contributed by atoms with Gasteiger partial charge in [-0.25, -0.2) is 0 Å². The molecule has 2 heteroatoms. The molecule has 0 amide bonds. The summed E-state index contributed by atoms with van der Waals surface area (Å²) in [6.45, 7) is 4.61. The fraction of sp³-hybridized carbons (Fsp3) is 1.00. The molecule has 1 fully saturated rings. The highest BCUT2D eigenvalue weighted by Gasteiger charge is 2.19. The number of hydrogen-bond acceptors (Lipinski definition) is 2. The van der Waals surface area contributed by atoms with Crippen LogP contribution in [0.2, 0.25) is 0 Å². The lowest BCUT2D eigenvalue weighted by atomic mass is 9.99. The summed E-state index contributed by atoms with van der Waals surface area (Å²) in [7, 11) is 0. The average Bonchev–Trinajstić information content (AvgIpc) is 2.32. The predicted molar refractivity (Wildman–Crippen MR) is 44.5 cm³/mol. The summed E-state index contributed by atoms with van der Waals surface area (Å²) >= 11 is 0. The lowest BCUT2D eigenvalue weighted by Crippen LogP contribution is -2.21. The van der Waals surface area contributed by atoms with Crippen LogP contribution >= 0.6 is 0 Å². The van der Waals surface area contributed by atoms with Crippen molar-refractivity contribution >= 4 is 0 Å². The summed E-state index contributed by atoms with van der Waals surface area (Å²) in [5.74, 6) is 0. The van der Waals surface area contributed by atoms with Crippen LogP contribution in [-0.2, 0) is 4.74 Å². The van der Waals surface area contributed by atoms with Gasteiger partial charge in [0.15, 0.2) is 0 Å².